The van der Waals surface area contributed by atoms with Crippen LogP contribution in [0.3, 0.4) is 0 Å². The predicted molar refractivity (Wildman–Crippen MR) is 59.2 cm³/mol. The van der Waals surface area contributed by atoms with Gasteiger partial charge in [-0.15, -0.1) is 0 Å². The number of carbonyl (C=O) groups is 2. The summed E-state index contributed by atoms with van der Waals surface area (Å²) in [5.74, 6) is -1.18. The molecule has 1 aliphatic carbocycles. The molecule has 0 aliphatic heterocycles. The van der Waals surface area contributed by atoms with E-state index in [1.54, 1.807) is 0 Å². The Balaban J connectivity index is 2.26. The summed E-state index contributed by atoms with van der Waals surface area (Å²) in [5, 5.41) is 11.5. The van der Waals surface area contributed by atoms with E-state index in [-0.39, 0.29) is 23.1 Å². The molecule has 16 heavy (non-hydrogen) atoms. The summed E-state index contributed by atoms with van der Waals surface area (Å²) in [6, 6.07) is 4.35. The highest BCUT2D eigenvalue weighted by Gasteiger charge is 2.30. The van der Waals surface area contributed by atoms with Gasteiger partial charge >= 0.3 is 5.97 Å². The van der Waals surface area contributed by atoms with Crippen molar-refractivity contribution >= 4 is 23.3 Å². The molecular formula is C11H12N2O3. The van der Waals surface area contributed by atoms with Gasteiger partial charge in [0.2, 0.25) is 5.91 Å². The monoisotopic (exact) mass is 220 g/mol. The number of aromatic carboxylic acids is 1. The minimum atomic E-state index is -1.08. The zero-order chi connectivity index (χ0) is 11.7. The molecule has 5 nitrogen and oxygen atoms in total. The first-order valence-electron chi connectivity index (χ1n) is 5.01. The predicted octanol–water partition coefficient (Wildman–Crippen LogP) is 1.32. The van der Waals surface area contributed by atoms with Gasteiger partial charge in [-0.05, 0) is 31.0 Å². The molecule has 0 spiro atoms. The average Bonchev–Trinajstić information content (AvgIpc) is 2.99. The summed E-state index contributed by atoms with van der Waals surface area (Å²) < 4.78 is 0. The summed E-state index contributed by atoms with van der Waals surface area (Å²) in [5.41, 5.74) is 6.30. The van der Waals surface area contributed by atoms with E-state index in [0.717, 1.165) is 12.8 Å². The zero-order valence-corrected chi connectivity index (χ0v) is 8.56. The van der Waals surface area contributed by atoms with Crippen LogP contribution in [0.1, 0.15) is 23.2 Å². The van der Waals surface area contributed by atoms with Crippen LogP contribution in [0.25, 0.3) is 0 Å². The summed E-state index contributed by atoms with van der Waals surface area (Å²) in [6.45, 7) is 0. The first kappa shape index (κ1) is 10.5. The zero-order valence-electron chi connectivity index (χ0n) is 8.56. The highest BCUT2D eigenvalue weighted by Crippen LogP contribution is 2.31. The fourth-order valence-electron chi connectivity index (χ4n) is 1.43. The SMILES string of the molecule is Nc1ccc(C(=O)O)c(NC(=O)C2CC2)c1. The van der Waals surface area contributed by atoms with Crippen LogP contribution in [0.4, 0.5) is 11.4 Å². The number of rotatable bonds is 3. The molecule has 0 atom stereocenters. The lowest BCUT2D eigenvalue weighted by atomic mass is 10.1. The van der Waals surface area contributed by atoms with E-state index in [1.807, 2.05) is 0 Å². The van der Waals surface area contributed by atoms with E-state index in [2.05, 4.69) is 5.32 Å². The molecule has 0 unspecified atom stereocenters. The molecule has 1 amide bonds. The summed E-state index contributed by atoms with van der Waals surface area (Å²) >= 11 is 0. The van der Waals surface area contributed by atoms with Crippen LogP contribution in [-0.4, -0.2) is 17.0 Å². The Hall–Kier alpha value is -2.04. The quantitative estimate of drug-likeness (QED) is 0.670. The standard InChI is InChI=1S/C11H12N2O3/c12-7-3-4-8(11(15)16)9(5-7)13-10(14)6-1-2-6/h3-6H,1-2,12H2,(H,13,14)(H,15,16). The van der Waals surface area contributed by atoms with Crippen LogP contribution >= 0.6 is 0 Å². The van der Waals surface area contributed by atoms with Crippen molar-refractivity contribution in [2.24, 2.45) is 5.92 Å². The van der Waals surface area contributed by atoms with Crippen molar-refractivity contribution in [1.82, 2.24) is 0 Å². The van der Waals surface area contributed by atoms with Crippen molar-refractivity contribution in [1.29, 1.82) is 0 Å². The fourth-order valence-corrected chi connectivity index (χ4v) is 1.43. The molecule has 4 N–H and O–H groups in total. The van der Waals surface area contributed by atoms with Crippen LogP contribution in [0.5, 0.6) is 0 Å². The molecule has 0 aromatic heterocycles. The van der Waals surface area contributed by atoms with Crippen molar-refractivity contribution in [3.05, 3.63) is 23.8 Å². The van der Waals surface area contributed by atoms with Gasteiger partial charge in [0.1, 0.15) is 0 Å². The highest BCUT2D eigenvalue weighted by molar-refractivity contribution is 6.02. The lowest BCUT2D eigenvalue weighted by Gasteiger charge is -2.08. The highest BCUT2D eigenvalue weighted by atomic mass is 16.4. The van der Waals surface area contributed by atoms with E-state index in [0.29, 0.717) is 5.69 Å². The number of carboxylic acid groups (broad SMARTS) is 1. The Morgan fingerprint density at radius 2 is 2.06 bits per heavy atom. The molecule has 1 fully saturated rings. The number of hydrogen-bond acceptors (Lipinski definition) is 3. The molecule has 1 saturated carbocycles. The lowest BCUT2D eigenvalue weighted by molar-refractivity contribution is -0.117. The van der Waals surface area contributed by atoms with Crippen LogP contribution < -0.4 is 11.1 Å². The Labute approximate surface area is 92.3 Å². The van der Waals surface area contributed by atoms with E-state index >= 15 is 0 Å². The number of carboxylic acids is 1. The topological polar surface area (TPSA) is 92.4 Å². The first-order valence-corrected chi connectivity index (χ1v) is 5.01. The normalized spacial score (nSPS) is 14.5. The van der Waals surface area contributed by atoms with Gasteiger partial charge in [0.15, 0.2) is 0 Å². The molecule has 1 aliphatic rings. The molecule has 0 heterocycles. The van der Waals surface area contributed by atoms with E-state index in [9.17, 15) is 9.59 Å². The molecule has 0 bridgehead atoms. The lowest BCUT2D eigenvalue weighted by Crippen LogP contribution is -2.16. The first-order chi connectivity index (χ1) is 7.58. The Morgan fingerprint density at radius 3 is 2.62 bits per heavy atom. The maximum Gasteiger partial charge on any atom is 0.337 e. The number of anilines is 2. The largest absolute Gasteiger partial charge is 0.478 e. The summed E-state index contributed by atoms with van der Waals surface area (Å²) in [6.07, 6.45) is 1.74. The average molecular weight is 220 g/mol. The molecule has 1 aromatic rings. The molecule has 5 heteroatoms. The van der Waals surface area contributed by atoms with Crippen molar-refractivity contribution < 1.29 is 14.7 Å². The molecule has 84 valence electrons. The third-order valence-corrected chi connectivity index (χ3v) is 2.48. The van der Waals surface area contributed by atoms with Gasteiger partial charge in [-0.2, -0.15) is 0 Å². The third-order valence-electron chi connectivity index (χ3n) is 2.48. The molecule has 0 saturated heterocycles. The number of nitrogens with one attached hydrogen (secondary N) is 1. The van der Waals surface area contributed by atoms with Gasteiger partial charge in [-0.3, -0.25) is 4.79 Å². The van der Waals surface area contributed by atoms with Gasteiger partial charge in [-0.25, -0.2) is 4.79 Å². The van der Waals surface area contributed by atoms with E-state index in [1.165, 1.54) is 18.2 Å². The fraction of sp³-hybridized carbons (Fsp3) is 0.273. The molecular weight excluding hydrogens is 208 g/mol. The van der Waals surface area contributed by atoms with Gasteiger partial charge in [-0.1, -0.05) is 0 Å². The minimum absolute atomic E-state index is 0.0306. The van der Waals surface area contributed by atoms with Crippen LogP contribution in [0.15, 0.2) is 18.2 Å². The van der Waals surface area contributed by atoms with Crippen LogP contribution in [-0.2, 0) is 4.79 Å². The smallest absolute Gasteiger partial charge is 0.337 e. The Kier molecular flexibility index (Phi) is 2.52. The van der Waals surface area contributed by atoms with Gasteiger partial charge in [0.05, 0.1) is 11.3 Å². The van der Waals surface area contributed by atoms with Gasteiger partial charge in [0.25, 0.3) is 0 Å². The number of nitrogens with two attached hydrogens (primary N) is 1. The van der Waals surface area contributed by atoms with Crippen molar-refractivity contribution in [2.75, 3.05) is 11.1 Å². The second-order valence-corrected chi connectivity index (χ2v) is 3.87. The molecule has 2 rings (SSSR count). The van der Waals surface area contributed by atoms with Crippen molar-refractivity contribution in [3.63, 3.8) is 0 Å². The van der Waals surface area contributed by atoms with Crippen LogP contribution in [0, 0.1) is 5.92 Å². The molecule has 0 radical (unpaired) electrons. The van der Waals surface area contributed by atoms with Crippen LogP contribution in [0.2, 0.25) is 0 Å². The summed E-state index contributed by atoms with van der Waals surface area (Å²) in [7, 11) is 0. The molecule has 1 aromatic carbocycles. The maximum absolute atomic E-state index is 11.5. The third kappa shape index (κ3) is 2.13. The second-order valence-electron chi connectivity index (χ2n) is 3.87. The van der Waals surface area contributed by atoms with Crippen molar-refractivity contribution in [2.45, 2.75) is 12.8 Å². The minimum Gasteiger partial charge on any atom is -0.478 e. The van der Waals surface area contributed by atoms with Gasteiger partial charge in [0, 0.05) is 11.6 Å². The second kappa shape index (κ2) is 3.84. The van der Waals surface area contributed by atoms with E-state index < -0.39 is 5.97 Å². The van der Waals surface area contributed by atoms with E-state index in [4.69, 9.17) is 10.8 Å². The number of amides is 1. The summed E-state index contributed by atoms with van der Waals surface area (Å²) in [4.78, 5) is 22.4. The van der Waals surface area contributed by atoms with Crippen molar-refractivity contribution in [3.8, 4) is 0 Å². The van der Waals surface area contributed by atoms with Gasteiger partial charge < -0.3 is 16.2 Å². The number of hydrogen-bond donors (Lipinski definition) is 3. The Morgan fingerprint density at radius 1 is 1.38 bits per heavy atom. The Bertz CT molecular complexity index is 453. The number of nitrogen functional groups attached to an aromatic ring is 1. The number of benzene rings is 1. The number of carbonyl (C=O) groups excluding carboxylic acids is 1. The maximum atomic E-state index is 11.5.